The molecule has 1 saturated heterocycles. The number of para-hydroxylation sites is 1. The smallest absolute Gasteiger partial charge is 0.357 e. The summed E-state index contributed by atoms with van der Waals surface area (Å²) in [6, 6.07) is 9.85. The summed E-state index contributed by atoms with van der Waals surface area (Å²) < 4.78 is 4.99. The van der Waals surface area contributed by atoms with E-state index in [0.717, 1.165) is 18.2 Å². The van der Waals surface area contributed by atoms with Crippen molar-refractivity contribution in [2.45, 2.75) is 38.1 Å². The van der Waals surface area contributed by atoms with E-state index >= 15 is 0 Å². The van der Waals surface area contributed by atoms with Crippen LogP contribution in [0.5, 0.6) is 0 Å². The number of pyridine rings is 1. The van der Waals surface area contributed by atoms with E-state index in [2.05, 4.69) is 22.7 Å². The molecule has 0 radical (unpaired) electrons. The first kappa shape index (κ1) is 19.8. The molecular formula is C21H22N4O5. The number of carbonyl (C=O) groups excluding carboxylic acids is 4. The molecule has 0 bridgehead atoms. The van der Waals surface area contributed by atoms with Crippen molar-refractivity contribution >= 4 is 34.7 Å². The maximum atomic E-state index is 12.7. The van der Waals surface area contributed by atoms with Gasteiger partial charge in [-0.1, -0.05) is 31.2 Å². The first-order valence-electron chi connectivity index (χ1n) is 9.87. The molecule has 2 fully saturated rings. The summed E-state index contributed by atoms with van der Waals surface area (Å²) in [5.41, 5.74) is 1.97. The van der Waals surface area contributed by atoms with Crippen molar-refractivity contribution in [3.63, 3.8) is 0 Å². The second-order valence-electron chi connectivity index (χ2n) is 7.84. The Balaban J connectivity index is 1.34. The topological polar surface area (TPSA) is 118 Å². The van der Waals surface area contributed by atoms with Crippen LogP contribution in [0.4, 0.5) is 4.79 Å². The molecule has 30 heavy (non-hydrogen) atoms. The minimum atomic E-state index is -0.956. The largest absolute Gasteiger partial charge is 0.451 e. The molecule has 9 heteroatoms. The highest BCUT2D eigenvalue weighted by molar-refractivity contribution is 6.08. The SMILES string of the molecule is CC1CCC2(CC1)NC(=O)N(NC(=O)COC(=O)c1ccc3ccccc3n1)C2=O. The summed E-state index contributed by atoms with van der Waals surface area (Å²) in [5, 5.41) is 4.26. The fraction of sp³-hybridized carbons (Fsp3) is 0.381. The lowest BCUT2D eigenvalue weighted by molar-refractivity contribution is -0.141. The number of hydrazine groups is 1. The lowest BCUT2D eigenvalue weighted by atomic mass is 9.77. The number of fused-ring (bicyclic) bond motifs is 1. The molecule has 2 N–H and O–H groups in total. The van der Waals surface area contributed by atoms with Gasteiger partial charge in [0.1, 0.15) is 11.2 Å². The van der Waals surface area contributed by atoms with E-state index in [1.54, 1.807) is 18.2 Å². The number of carbonyl (C=O) groups is 4. The minimum absolute atomic E-state index is 0.0618. The molecule has 1 saturated carbocycles. The highest BCUT2D eigenvalue weighted by Gasteiger charge is 2.52. The Labute approximate surface area is 172 Å². The maximum absolute atomic E-state index is 12.7. The zero-order valence-corrected chi connectivity index (χ0v) is 16.5. The number of hydrogen-bond donors (Lipinski definition) is 2. The summed E-state index contributed by atoms with van der Waals surface area (Å²) in [5.74, 6) is -1.54. The second kappa shape index (κ2) is 7.74. The lowest BCUT2D eigenvalue weighted by Crippen LogP contribution is -2.52. The zero-order chi connectivity index (χ0) is 21.3. The summed E-state index contributed by atoms with van der Waals surface area (Å²) in [7, 11) is 0. The summed E-state index contributed by atoms with van der Waals surface area (Å²) >= 11 is 0. The van der Waals surface area contributed by atoms with E-state index in [0.29, 0.717) is 29.3 Å². The first-order valence-corrected chi connectivity index (χ1v) is 9.87. The molecule has 156 valence electrons. The molecular weight excluding hydrogens is 388 g/mol. The van der Waals surface area contributed by atoms with Gasteiger partial charge in [0, 0.05) is 5.39 Å². The third-order valence-corrected chi connectivity index (χ3v) is 5.67. The number of esters is 1. The Kier molecular flexibility index (Phi) is 5.11. The van der Waals surface area contributed by atoms with Crippen molar-refractivity contribution in [3.8, 4) is 0 Å². The third-order valence-electron chi connectivity index (χ3n) is 5.67. The number of urea groups is 1. The Hall–Kier alpha value is -3.49. The zero-order valence-electron chi connectivity index (χ0n) is 16.5. The van der Waals surface area contributed by atoms with Crippen LogP contribution in [0.25, 0.3) is 10.9 Å². The molecule has 2 aromatic rings. The predicted octanol–water partition coefficient (Wildman–Crippen LogP) is 1.92. The van der Waals surface area contributed by atoms with Crippen LogP contribution in [0.15, 0.2) is 36.4 Å². The molecule has 1 aromatic heterocycles. The number of amides is 4. The number of imide groups is 1. The van der Waals surface area contributed by atoms with E-state index in [1.807, 2.05) is 12.1 Å². The van der Waals surface area contributed by atoms with Crippen LogP contribution in [-0.2, 0) is 14.3 Å². The van der Waals surface area contributed by atoms with Gasteiger partial charge in [-0.25, -0.2) is 14.6 Å². The Bertz CT molecular complexity index is 1030. The normalized spacial score (nSPS) is 23.5. The van der Waals surface area contributed by atoms with E-state index in [4.69, 9.17) is 4.74 Å². The average Bonchev–Trinajstić information content (AvgIpc) is 2.98. The van der Waals surface area contributed by atoms with Crippen LogP contribution in [0.1, 0.15) is 43.1 Å². The Morgan fingerprint density at radius 2 is 1.93 bits per heavy atom. The monoisotopic (exact) mass is 410 g/mol. The van der Waals surface area contributed by atoms with Gasteiger partial charge < -0.3 is 10.1 Å². The number of rotatable bonds is 4. The van der Waals surface area contributed by atoms with Crippen molar-refractivity contribution in [2.24, 2.45) is 5.92 Å². The number of nitrogens with one attached hydrogen (secondary N) is 2. The van der Waals surface area contributed by atoms with E-state index in [1.165, 1.54) is 6.07 Å². The maximum Gasteiger partial charge on any atom is 0.357 e. The number of ether oxygens (including phenoxy) is 1. The molecule has 1 aliphatic heterocycles. The van der Waals surface area contributed by atoms with Gasteiger partial charge in [-0.05, 0) is 43.7 Å². The van der Waals surface area contributed by atoms with Crippen LogP contribution >= 0.6 is 0 Å². The number of hydrogen-bond acceptors (Lipinski definition) is 6. The van der Waals surface area contributed by atoms with Crippen molar-refractivity contribution in [3.05, 3.63) is 42.1 Å². The van der Waals surface area contributed by atoms with Gasteiger partial charge in [-0.2, -0.15) is 5.01 Å². The van der Waals surface area contributed by atoms with Gasteiger partial charge in [-0.15, -0.1) is 0 Å². The first-order chi connectivity index (χ1) is 14.4. The van der Waals surface area contributed by atoms with Crippen molar-refractivity contribution in [1.29, 1.82) is 0 Å². The molecule has 9 nitrogen and oxygen atoms in total. The summed E-state index contributed by atoms with van der Waals surface area (Å²) in [6.45, 7) is 1.46. The molecule has 2 aliphatic rings. The predicted molar refractivity (Wildman–Crippen MR) is 106 cm³/mol. The van der Waals surface area contributed by atoms with Gasteiger partial charge in [0.25, 0.3) is 11.8 Å². The van der Waals surface area contributed by atoms with Crippen molar-refractivity contribution in [1.82, 2.24) is 20.7 Å². The van der Waals surface area contributed by atoms with Crippen LogP contribution in [0.2, 0.25) is 0 Å². The van der Waals surface area contributed by atoms with E-state index < -0.39 is 36.0 Å². The molecule has 4 rings (SSSR count). The van der Waals surface area contributed by atoms with Gasteiger partial charge in [0.05, 0.1) is 5.52 Å². The number of nitrogens with zero attached hydrogens (tertiary/aromatic N) is 2. The van der Waals surface area contributed by atoms with Crippen LogP contribution < -0.4 is 10.7 Å². The summed E-state index contributed by atoms with van der Waals surface area (Å²) in [4.78, 5) is 53.5. The molecule has 1 aromatic carbocycles. The molecule has 0 unspecified atom stereocenters. The second-order valence-corrected chi connectivity index (χ2v) is 7.84. The van der Waals surface area contributed by atoms with Crippen LogP contribution in [0.3, 0.4) is 0 Å². The number of aromatic nitrogens is 1. The fourth-order valence-corrected chi connectivity index (χ4v) is 3.86. The van der Waals surface area contributed by atoms with Crippen LogP contribution in [-0.4, -0.2) is 46.0 Å². The van der Waals surface area contributed by atoms with E-state index in [-0.39, 0.29) is 5.69 Å². The Morgan fingerprint density at radius 3 is 2.70 bits per heavy atom. The number of benzene rings is 1. The van der Waals surface area contributed by atoms with Crippen molar-refractivity contribution < 1.29 is 23.9 Å². The van der Waals surface area contributed by atoms with Gasteiger partial charge in [0.2, 0.25) is 0 Å². The highest BCUT2D eigenvalue weighted by Crippen LogP contribution is 2.35. The summed E-state index contributed by atoms with van der Waals surface area (Å²) in [6.07, 6.45) is 2.72. The molecule has 1 aliphatic carbocycles. The minimum Gasteiger partial charge on any atom is -0.451 e. The molecule has 4 amide bonds. The molecule has 2 heterocycles. The average molecular weight is 410 g/mol. The van der Waals surface area contributed by atoms with Crippen LogP contribution in [0, 0.1) is 5.92 Å². The third kappa shape index (κ3) is 3.70. The van der Waals surface area contributed by atoms with E-state index in [9.17, 15) is 19.2 Å². The Morgan fingerprint density at radius 1 is 1.20 bits per heavy atom. The molecule has 1 spiro atoms. The molecule has 0 atom stereocenters. The van der Waals surface area contributed by atoms with Crippen molar-refractivity contribution in [2.75, 3.05) is 6.61 Å². The standard InChI is InChI=1S/C21H22N4O5/c1-13-8-10-21(11-9-13)19(28)25(20(29)23-21)24-17(26)12-30-18(27)16-7-6-14-4-2-3-5-15(14)22-16/h2-7,13H,8-12H2,1H3,(H,23,29)(H,24,26). The fourth-order valence-electron chi connectivity index (χ4n) is 3.86. The van der Waals surface area contributed by atoms with Gasteiger partial charge in [-0.3, -0.25) is 15.0 Å². The quantitative estimate of drug-likeness (QED) is 0.587. The van der Waals surface area contributed by atoms with Gasteiger partial charge >= 0.3 is 12.0 Å². The lowest BCUT2D eigenvalue weighted by Gasteiger charge is -2.33. The highest BCUT2D eigenvalue weighted by atomic mass is 16.5. The van der Waals surface area contributed by atoms with Gasteiger partial charge in [0.15, 0.2) is 6.61 Å².